The predicted octanol–water partition coefficient (Wildman–Crippen LogP) is 2.81. The maximum Gasteiger partial charge on any atom is 0.333 e. The standard InChI is InChI=1S/C24H22N4O3/c1-2-17-10-12-19(13-11-17)26-21(29)16-27-22-20(9-6-14-25-22)23(30)28(24(27)31)15-18-7-4-3-5-8-18/h3-14H,2,15-16H2,1H3,(H,26,29). The van der Waals surface area contributed by atoms with E-state index in [1.807, 2.05) is 54.6 Å². The van der Waals surface area contributed by atoms with E-state index in [2.05, 4.69) is 17.2 Å². The molecule has 4 aromatic rings. The van der Waals surface area contributed by atoms with Crippen molar-refractivity contribution in [2.75, 3.05) is 5.32 Å². The maximum absolute atomic E-state index is 13.2. The molecule has 7 heteroatoms. The van der Waals surface area contributed by atoms with Gasteiger partial charge in [-0.25, -0.2) is 9.78 Å². The van der Waals surface area contributed by atoms with Crippen molar-refractivity contribution in [1.82, 2.24) is 14.1 Å². The molecule has 156 valence electrons. The Hall–Kier alpha value is -4.00. The topological polar surface area (TPSA) is 86.0 Å². The highest BCUT2D eigenvalue weighted by molar-refractivity contribution is 5.91. The van der Waals surface area contributed by atoms with E-state index < -0.39 is 11.2 Å². The Bertz CT molecular complexity index is 1340. The lowest BCUT2D eigenvalue weighted by atomic mass is 10.1. The zero-order valence-electron chi connectivity index (χ0n) is 17.1. The van der Waals surface area contributed by atoms with Crippen molar-refractivity contribution >= 4 is 22.6 Å². The van der Waals surface area contributed by atoms with Crippen molar-refractivity contribution in [2.24, 2.45) is 0 Å². The van der Waals surface area contributed by atoms with Crippen LogP contribution in [0.4, 0.5) is 5.69 Å². The molecule has 0 aliphatic carbocycles. The quantitative estimate of drug-likeness (QED) is 0.526. The highest BCUT2D eigenvalue weighted by Gasteiger charge is 2.16. The van der Waals surface area contributed by atoms with Crippen LogP contribution in [-0.2, 0) is 24.3 Å². The largest absolute Gasteiger partial charge is 0.333 e. The maximum atomic E-state index is 13.2. The summed E-state index contributed by atoms with van der Waals surface area (Å²) in [5.41, 5.74) is 1.82. The number of amides is 1. The Morgan fingerprint density at radius 3 is 2.35 bits per heavy atom. The predicted molar refractivity (Wildman–Crippen MR) is 120 cm³/mol. The van der Waals surface area contributed by atoms with Crippen LogP contribution in [0.2, 0.25) is 0 Å². The van der Waals surface area contributed by atoms with E-state index in [1.54, 1.807) is 12.1 Å². The minimum absolute atomic E-state index is 0.115. The smallest absolute Gasteiger partial charge is 0.325 e. The first-order valence-electron chi connectivity index (χ1n) is 10.1. The molecule has 0 aliphatic rings. The highest BCUT2D eigenvalue weighted by atomic mass is 16.2. The molecule has 0 atom stereocenters. The first-order chi connectivity index (χ1) is 15.1. The van der Waals surface area contributed by atoms with Crippen LogP contribution in [0.25, 0.3) is 11.0 Å². The summed E-state index contributed by atoms with van der Waals surface area (Å²) in [6.45, 7) is 1.92. The lowest BCUT2D eigenvalue weighted by Crippen LogP contribution is -2.42. The lowest BCUT2D eigenvalue weighted by molar-refractivity contribution is -0.116. The van der Waals surface area contributed by atoms with Gasteiger partial charge in [0.05, 0.1) is 11.9 Å². The second-order valence-electron chi connectivity index (χ2n) is 7.22. The van der Waals surface area contributed by atoms with Crippen molar-refractivity contribution in [3.05, 3.63) is 105 Å². The highest BCUT2D eigenvalue weighted by Crippen LogP contribution is 2.11. The number of rotatable bonds is 6. The van der Waals surface area contributed by atoms with Gasteiger partial charge in [0, 0.05) is 11.9 Å². The molecule has 0 aliphatic heterocycles. The summed E-state index contributed by atoms with van der Waals surface area (Å²) in [6, 6.07) is 20.0. The van der Waals surface area contributed by atoms with E-state index in [9.17, 15) is 14.4 Å². The molecule has 31 heavy (non-hydrogen) atoms. The summed E-state index contributed by atoms with van der Waals surface area (Å²) in [5, 5.41) is 3.09. The van der Waals surface area contributed by atoms with Gasteiger partial charge in [0.15, 0.2) is 0 Å². The Balaban J connectivity index is 1.71. The van der Waals surface area contributed by atoms with Gasteiger partial charge in [-0.3, -0.25) is 18.7 Å². The van der Waals surface area contributed by atoms with Crippen LogP contribution >= 0.6 is 0 Å². The third-order valence-electron chi connectivity index (χ3n) is 5.11. The van der Waals surface area contributed by atoms with Gasteiger partial charge in [0.2, 0.25) is 5.91 Å². The van der Waals surface area contributed by atoms with Gasteiger partial charge in [-0.1, -0.05) is 49.4 Å². The molecule has 2 aromatic heterocycles. The van der Waals surface area contributed by atoms with Crippen molar-refractivity contribution in [2.45, 2.75) is 26.4 Å². The molecular weight excluding hydrogens is 392 g/mol. The molecule has 0 bridgehead atoms. The zero-order chi connectivity index (χ0) is 21.8. The van der Waals surface area contributed by atoms with Crippen molar-refractivity contribution in [3.63, 3.8) is 0 Å². The van der Waals surface area contributed by atoms with E-state index in [4.69, 9.17) is 0 Å². The van der Waals surface area contributed by atoms with Crippen molar-refractivity contribution < 1.29 is 4.79 Å². The summed E-state index contributed by atoms with van der Waals surface area (Å²) >= 11 is 0. The molecule has 0 fully saturated rings. The normalized spacial score (nSPS) is 10.9. The van der Waals surface area contributed by atoms with Crippen LogP contribution in [0.1, 0.15) is 18.1 Å². The number of nitrogens with zero attached hydrogens (tertiary/aromatic N) is 3. The van der Waals surface area contributed by atoms with E-state index in [0.717, 1.165) is 22.1 Å². The number of hydrogen-bond acceptors (Lipinski definition) is 4. The Morgan fingerprint density at radius 2 is 1.65 bits per heavy atom. The summed E-state index contributed by atoms with van der Waals surface area (Å²) in [4.78, 5) is 43.0. The first-order valence-corrected chi connectivity index (χ1v) is 10.1. The fraction of sp³-hybridized carbons (Fsp3) is 0.167. The molecule has 0 spiro atoms. The molecular formula is C24H22N4O3. The lowest BCUT2D eigenvalue weighted by Gasteiger charge is -2.13. The molecule has 4 rings (SSSR count). The number of nitrogens with one attached hydrogen (secondary N) is 1. The number of carbonyl (C=O) groups is 1. The second-order valence-corrected chi connectivity index (χ2v) is 7.22. The Morgan fingerprint density at radius 1 is 0.903 bits per heavy atom. The molecule has 0 saturated heterocycles. The number of benzene rings is 2. The van der Waals surface area contributed by atoms with Gasteiger partial charge in [-0.05, 0) is 41.8 Å². The number of fused-ring (bicyclic) bond motifs is 1. The number of anilines is 1. The van der Waals surface area contributed by atoms with Gasteiger partial charge >= 0.3 is 5.69 Å². The molecule has 0 saturated carbocycles. The number of hydrogen-bond donors (Lipinski definition) is 1. The van der Waals surface area contributed by atoms with Crippen LogP contribution in [0.3, 0.4) is 0 Å². The van der Waals surface area contributed by atoms with Gasteiger partial charge in [-0.2, -0.15) is 0 Å². The van der Waals surface area contributed by atoms with Crippen molar-refractivity contribution in [1.29, 1.82) is 0 Å². The summed E-state index contributed by atoms with van der Waals surface area (Å²) in [5.74, 6) is -0.372. The van der Waals surface area contributed by atoms with E-state index in [1.165, 1.54) is 10.8 Å². The molecule has 1 N–H and O–H groups in total. The first kappa shape index (κ1) is 20.3. The van der Waals surface area contributed by atoms with E-state index >= 15 is 0 Å². The summed E-state index contributed by atoms with van der Waals surface area (Å²) < 4.78 is 2.39. The molecule has 0 unspecified atom stereocenters. The number of aryl methyl sites for hydroxylation is 1. The van der Waals surface area contributed by atoms with Crippen LogP contribution in [0.15, 0.2) is 82.5 Å². The fourth-order valence-electron chi connectivity index (χ4n) is 3.46. The fourth-order valence-corrected chi connectivity index (χ4v) is 3.46. The van der Waals surface area contributed by atoms with Gasteiger partial charge in [0.1, 0.15) is 12.2 Å². The van der Waals surface area contributed by atoms with Gasteiger partial charge in [0.25, 0.3) is 5.56 Å². The zero-order valence-corrected chi connectivity index (χ0v) is 17.1. The second kappa shape index (κ2) is 8.79. The molecule has 7 nitrogen and oxygen atoms in total. The Kier molecular flexibility index (Phi) is 5.75. The molecule has 2 heterocycles. The van der Waals surface area contributed by atoms with E-state index in [0.29, 0.717) is 5.69 Å². The van der Waals surface area contributed by atoms with Crippen LogP contribution in [0.5, 0.6) is 0 Å². The molecule has 0 radical (unpaired) electrons. The van der Waals surface area contributed by atoms with Crippen LogP contribution in [-0.4, -0.2) is 20.0 Å². The minimum atomic E-state index is -0.573. The van der Waals surface area contributed by atoms with Gasteiger partial charge < -0.3 is 5.32 Å². The van der Waals surface area contributed by atoms with E-state index in [-0.39, 0.29) is 30.0 Å². The number of pyridine rings is 1. The van der Waals surface area contributed by atoms with Crippen LogP contribution < -0.4 is 16.6 Å². The minimum Gasteiger partial charge on any atom is -0.325 e. The van der Waals surface area contributed by atoms with Crippen LogP contribution in [0, 0.1) is 0 Å². The molecule has 1 amide bonds. The summed E-state index contributed by atoms with van der Waals surface area (Å²) in [7, 11) is 0. The Labute approximate surface area is 178 Å². The number of carbonyl (C=O) groups excluding carboxylic acids is 1. The monoisotopic (exact) mass is 414 g/mol. The molecule has 2 aromatic carbocycles. The third kappa shape index (κ3) is 4.30. The average Bonchev–Trinajstić information content (AvgIpc) is 2.80. The third-order valence-corrected chi connectivity index (χ3v) is 5.11. The van der Waals surface area contributed by atoms with Gasteiger partial charge in [-0.15, -0.1) is 0 Å². The number of aromatic nitrogens is 3. The van der Waals surface area contributed by atoms with Crippen molar-refractivity contribution in [3.8, 4) is 0 Å². The summed E-state index contributed by atoms with van der Waals surface area (Å²) in [6.07, 6.45) is 2.41. The average molecular weight is 414 g/mol. The SMILES string of the molecule is CCc1ccc(NC(=O)Cn2c(=O)n(Cc3ccccc3)c(=O)c3cccnc32)cc1.